The lowest BCUT2D eigenvalue weighted by molar-refractivity contribution is 0.391. The zero-order valence-corrected chi connectivity index (χ0v) is 8.81. The van der Waals surface area contributed by atoms with Crippen LogP contribution in [0.3, 0.4) is 0 Å². The molecule has 0 saturated carbocycles. The van der Waals surface area contributed by atoms with Crippen LogP contribution in [0.15, 0.2) is 0 Å². The van der Waals surface area contributed by atoms with Gasteiger partial charge < -0.3 is 13.7 Å². The van der Waals surface area contributed by atoms with Crippen molar-refractivity contribution in [2.75, 3.05) is 17.6 Å². The molecule has 13 heavy (non-hydrogen) atoms. The topological polar surface area (TPSA) is 115 Å². The van der Waals surface area contributed by atoms with E-state index in [9.17, 15) is 12.6 Å². The zero-order chi connectivity index (χ0) is 10.4. The van der Waals surface area contributed by atoms with Crippen molar-refractivity contribution >= 4 is 33.2 Å². The van der Waals surface area contributed by atoms with Crippen molar-refractivity contribution in [1.29, 1.82) is 0 Å². The minimum Gasteiger partial charge on any atom is -0.305 e. The van der Waals surface area contributed by atoms with Gasteiger partial charge in [0, 0.05) is 0 Å². The van der Waals surface area contributed by atoms with Crippen molar-refractivity contribution in [2.24, 2.45) is 0 Å². The number of hydrogen-bond acceptors (Lipinski definition) is 4. The predicted molar refractivity (Wildman–Crippen MR) is 48.8 cm³/mol. The number of rotatable bonds is 6. The van der Waals surface area contributed by atoms with Gasteiger partial charge in [0.15, 0.2) is 33.2 Å². The summed E-state index contributed by atoms with van der Waals surface area (Å²) < 4.78 is 56.1. The number of nitrogens with zero attached hydrogens (tertiary/aromatic N) is 1. The third kappa shape index (κ3) is 8.62. The summed E-state index contributed by atoms with van der Waals surface area (Å²) in [6.45, 7) is 0. The number of hydrogen-bond donors (Lipinski definition) is 3. The monoisotopic (exact) mass is 251 g/mol. The van der Waals surface area contributed by atoms with Crippen molar-refractivity contribution in [3.05, 3.63) is 0 Å². The van der Waals surface area contributed by atoms with E-state index in [0.717, 1.165) is 4.90 Å². The summed E-state index contributed by atoms with van der Waals surface area (Å²) in [6, 6.07) is 0. The van der Waals surface area contributed by atoms with Crippen LogP contribution in [-0.2, 0) is 33.2 Å². The second-order valence-electron chi connectivity index (χ2n) is 2.02. The van der Waals surface area contributed by atoms with Crippen molar-refractivity contribution in [3.8, 4) is 0 Å². The summed E-state index contributed by atoms with van der Waals surface area (Å²) in [7, 11) is 0. The molecule has 3 atom stereocenters. The lowest BCUT2D eigenvalue weighted by Gasteiger charge is -2.15. The fraction of sp³-hybridized carbons (Fsp3) is 1.00. The second-order valence-corrected chi connectivity index (χ2v) is 4.73. The van der Waals surface area contributed by atoms with Crippen LogP contribution in [-0.4, -0.2) is 48.8 Å². The maximum Gasteiger partial charge on any atom is 0.167 e. The molecule has 0 aliphatic rings. The Kier molecular flexibility index (Phi) is 6.85. The first-order valence-corrected chi connectivity index (χ1v) is 6.69. The standard InChI is InChI=1S/C3H9NO6S3/c5-11(6)1-4(2-12(7)8)3-13(9)10/h1-3H2,(H,5,6)(H,7,8)(H,9,10). The fourth-order valence-electron chi connectivity index (χ4n) is 0.580. The van der Waals surface area contributed by atoms with Crippen LogP contribution in [0.4, 0.5) is 0 Å². The van der Waals surface area contributed by atoms with Crippen molar-refractivity contribution in [2.45, 2.75) is 0 Å². The van der Waals surface area contributed by atoms with Gasteiger partial charge in [-0.1, -0.05) is 0 Å². The highest BCUT2D eigenvalue weighted by Crippen LogP contribution is 1.93. The van der Waals surface area contributed by atoms with E-state index >= 15 is 0 Å². The molecule has 0 rings (SSSR count). The maximum atomic E-state index is 10.3. The molecule has 0 amide bonds. The predicted octanol–water partition coefficient (Wildman–Crippen LogP) is -1.17. The molecule has 0 heterocycles. The Bertz CT molecular complexity index is 193. The molecule has 3 unspecified atom stereocenters. The molecular weight excluding hydrogens is 242 g/mol. The van der Waals surface area contributed by atoms with E-state index in [0.29, 0.717) is 0 Å². The van der Waals surface area contributed by atoms with Gasteiger partial charge >= 0.3 is 0 Å². The Morgan fingerprint density at radius 1 is 0.769 bits per heavy atom. The van der Waals surface area contributed by atoms with Gasteiger partial charge in [0.1, 0.15) is 17.6 Å². The third-order valence-electron chi connectivity index (χ3n) is 0.879. The molecule has 0 aromatic rings. The Balaban J connectivity index is 4.10. The van der Waals surface area contributed by atoms with Gasteiger partial charge in [-0.05, 0) is 0 Å². The zero-order valence-electron chi connectivity index (χ0n) is 6.36. The average molecular weight is 251 g/mol. The Labute approximate surface area is 82.4 Å². The summed E-state index contributed by atoms with van der Waals surface area (Å²) in [6.07, 6.45) is 0. The highest BCUT2D eigenvalue weighted by atomic mass is 32.2. The lowest BCUT2D eigenvalue weighted by atomic mass is 11.0. The Hall–Kier alpha value is 0.290. The van der Waals surface area contributed by atoms with Gasteiger partial charge in [-0.25, -0.2) is 12.6 Å². The first-order valence-electron chi connectivity index (χ1n) is 2.86. The highest BCUT2D eigenvalue weighted by molar-refractivity contribution is 7.80. The molecule has 0 radical (unpaired) electrons. The fourth-order valence-corrected chi connectivity index (χ4v) is 2.41. The molecule has 3 N–H and O–H groups in total. The first-order chi connectivity index (χ1) is 5.91. The largest absolute Gasteiger partial charge is 0.305 e. The molecule has 7 nitrogen and oxygen atoms in total. The molecule has 0 aromatic carbocycles. The molecule has 10 heteroatoms. The summed E-state index contributed by atoms with van der Waals surface area (Å²) in [4.78, 5) is 0.947. The smallest absolute Gasteiger partial charge is 0.167 e. The third-order valence-corrected chi connectivity index (χ3v) is 2.64. The van der Waals surface area contributed by atoms with Gasteiger partial charge in [0.25, 0.3) is 0 Å². The lowest BCUT2D eigenvalue weighted by Crippen LogP contribution is -2.33. The van der Waals surface area contributed by atoms with Crippen molar-refractivity contribution in [1.82, 2.24) is 4.90 Å². The average Bonchev–Trinajstić information content (AvgIpc) is 1.80. The van der Waals surface area contributed by atoms with Crippen molar-refractivity contribution < 1.29 is 26.3 Å². The summed E-state index contributed by atoms with van der Waals surface area (Å²) >= 11 is -6.58. The first kappa shape index (κ1) is 13.3. The van der Waals surface area contributed by atoms with Gasteiger partial charge in [0.2, 0.25) is 0 Å². The summed E-state index contributed by atoms with van der Waals surface area (Å²) in [5.41, 5.74) is 0. The van der Waals surface area contributed by atoms with E-state index < -0.39 is 50.9 Å². The molecule has 0 fully saturated rings. The van der Waals surface area contributed by atoms with E-state index in [4.69, 9.17) is 13.7 Å². The molecule has 0 spiro atoms. The van der Waals surface area contributed by atoms with Crippen LogP contribution in [0.2, 0.25) is 0 Å². The van der Waals surface area contributed by atoms with Crippen LogP contribution in [0.25, 0.3) is 0 Å². The van der Waals surface area contributed by atoms with E-state index in [-0.39, 0.29) is 0 Å². The van der Waals surface area contributed by atoms with Gasteiger partial charge in [-0.15, -0.1) is 0 Å². The van der Waals surface area contributed by atoms with Crippen LogP contribution in [0, 0.1) is 0 Å². The highest BCUT2D eigenvalue weighted by Gasteiger charge is 2.12. The van der Waals surface area contributed by atoms with Crippen LogP contribution >= 0.6 is 0 Å². The second kappa shape index (κ2) is 6.70. The molecule has 0 bridgehead atoms. The molecule has 80 valence electrons. The maximum absolute atomic E-state index is 10.3. The molecule has 0 saturated heterocycles. The quantitative estimate of drug-likeness (QED) is 0.509. The molecule has 0 aromatic heterocycles. The van der Waals surface area contributed by atoms with E-state index in [1.807, 2.05) is 0 Å². The molecule has 0 aliphatic carbocycles. The van der Waals surface area contributed by atoms with Gasteiger partial charge in [-0.2, -0.15) is 0 Å². The molecule has 0 aliphatic heterocycles. The molecular formula is C3H9NO6S3. The summed E-state index contributed by atoms with van der Waals surface area (Å²) in [5, 5.41) is 0. The van der Waals surface area contributed by atoms with Crippen LogP contribution < -0.4 is 0 Å². The van der Waals surface area contributed by atoms with E-state index in [1.165, 1.54) is 0 Å². The van der Waals surface area contributed by atoms with E-state index in [1.54, 1.807) is 0 Å². The summed E-state index contributed by atoms with van der Waals surface area (Å²) in [5.74, 6) is -1.30. The minimum atomic E-state index is -2.19. The normalized spacial score (nSPS) is 18.5. The SMILES string of the molecule is O=S(O)CN(CS(=O)O)CS(=O)O. The van der Waals surface area contributed by atoms with Crippen LogP contribution in [0.5, 0.6) is 0 Å². The Morgan fingerprint density at radius 2 is 1.00 bits per heavy atom. The Morgan fingerprint density at radius 3 is 1.15 bits per heavy atom. The van der Waals surface area contributed by atoms with Crippen molar-refractivity contribution in [3.63, 3.8) is 0 Å². The van der Waals surface area contributed by atoms with Crippen LogP contribution in [0.1, 0.15) is 0 Å². The minimum absolute atomic E-state index is 0.432. The van der Waals surface area contributed by atoms with E-state index in [2.05, 4.69) is 0 Å². The van der Waals surface area contributed by atoms with Gasteiger partial charge in [-0.3, -0.25) is 4.90 Å². The van der Waals surface area contributed by atoms with Gasteiger partial charge in [0.05, 0.1) is 0 Å².